The molecular weight excluding hydrogens is 304 g/mol. The number of aliphatic hydroxyl groups is 2. The van der Waals surface area contributed by atoms with Crippen molar-refractivity contribution in [1.29, 1.82) is 0 Å². The summed E-state index contributed by atoms with van der Waals surface area (Å²) >= 11 is 0. The van der Waals surface area contributed by atoms with Gasteiger partial charge in [0, 0.05) is 0 Å². The summed E-state index contributed by atoms with van der Waals surface area (Å²) in [6.45, 7) is 8.38. The second-order valence-corrected chi connectivity index (χ2v) is 8.13. The monoisotopic (exact) mass is 336 g/mol. The minimum Gasteiger partial charge on any atom is -0.481 e. The third-order valence-corrected chi connectivity index (χ3v) is 6.85. The molecule has 0 saturated heterocycles. The lowest BCUT2D eigenvalue weighted by atomic mass is 9.46. The van der Waals surface area contributed by atoms with Crippen LogP contribution in [0.2, 0.25) is 0 Å². The highest BCUT2D eigenvalue weighted by Crippen LogP contribution is 2.62. The molecule has 0 heterocycles. The van der Waals surface area contributed by atoms with Crippen molar-refractivity contribution >= 4 is 5.97 Å². The fraction of sp³-hybridized carbons (Fsp3) is 0.750. The fourth-order valence-corrected chi connectivity index (χ4v) is 5.44. The summed E-state index contributed by atoms with van der Waals surface area (Å²) in [4.78, 5) is 12.0. The third kappa shape index (κ3) is 3.31. The smallest absolute Gasteiger partial charge is 0.309 e. The van der Waals surface area contributed by atoms with Gasteiger partial charge in [-0.25, -0.2) is 0 Å². The van der Waals surface area contributed by atoms with Gasteiger partial charge in [0.25, 0.3) is 0 Å². The molecule has 2 saturated carbocycles. The molecule has 4 heteroatoms. The Morgan fingerprint density at radius 2 is 2.04 bits per heavy atom. The highest BCUT2D eigenvalue weighted by Gasteiger charge is 2.57. The van der Waals surface area contributed by atoms with E-state index in [0.29, 0.717) is 0 Å². The van der Waals surface area contributed by atoms with Crippen LogP contribution in [0.4, 0.5) is 0 Å². The van der Waals surface area contributed by atoms with E-state index in [1.165, 1.54) is 5.57 Å². The maximum Gasteiger partial charge on any atom is 0.309 e. The molecule has 0 aromatic rings. The van der Waals surface area contributed by atoms with Crippen LogP contribution in [0.25, 0.3) is 0 Å². The van der Waals surface area contributed by atoms with E-state index in [1.807, 2.05) is 6.92 Å². The zero-order valence-corrected chi connectivity index (χ0v) is 15.1. The van der Waals surface area contributed by atoms with Crippen LogP contribution in [-0.2, 0) is 4.79 Å². The van der Waals surface area contributed by atoms with Crippen molar-refractivity contribution in [2.24, 2.45) is 22.7 Å². The lowest BCUT2D eigenvalue weighted by molar-refractivity contribution is -0.164. The average molecular weight is 336 g/mol. The molecular formula is C20H32O4. The number of carboxylic acids is 1. The molecule has 2 fully saturated rings. The summed E-state index contributed by atoms with van der Waals surface area (Å²) in [5.74, 6) is -0.212. The summed E-state index contributed by atoms with van der Waals surface area (Å²) in [6.07, 6.45) is 7.82. The van der Waals surface area contributed by atoms with Crippen molar-refractivity contribution < 1.29 is 20.1 Å². The predicted molar refractivity (Wildman–Crippen MR) is 94.5 cm³/mol. The molecule has 4 nitrogen and oxygen atoms in total. The van der Waals surface area contributed by atoms with Gasteiger partial charge in [-0.1, -0.05) is 31.6 Å². The number of aliphatic carboxylic acids is 1. The second-order valence-electron chi connectivity index (χ2n) is 8.13. The molecule has 0 aliphatic heterocycles. The van der Waals surface area contributed by atoms with Crippen LogP contribution in [0.1, 0.15) is 58.8 Å². The Kier molecular flexibility index (Phi) is 5.92. The van der Waals surface area contributed by atoms with Gasteiger partial charge in [-0.3, -0.25) is 4.79 Å². The summed E-state index contributed by atoms with van der Waals surface area (Å²) in [6, 6.07) is 0. The van der Waals surface area contributed by atoms with E-state index < -0.39 is 11.4 Å². The Bertz CT molecular complexity index is 524. The maximum atomic E-state index is 12.0. The molecule has 0 aromatic heterocycles. The van der Waals surface area contributed by atoms with Crippen molar-refractivity contribution in [3.63, 3.8) is 0 Å². The first-order valence-electron chi connectivity index (χ1n) is 9.10. The van der Waals surface area contributed by atoms with Crippen LogP contribution in [0.5, 0.6) is 0 Å². The molecule has 3 N–H and O–H groups in total. The number of hydrogen-bond acceptors (Lipinski definition) is 3. The number of rotatable bonds is 6. The summed E-state index contributed by atoms with van der Waals surface area (Å²) < 4.78 is 0. The van der Waals surface area contributed by atoms with Crippen molar-refractivity contribution in [3.8, 4) is 0 Å². The SMILES string of the molecule is C=C1CC[C@@H]2[C@@](C)(CCC[C@]2(C)C(=O)O)[C@H]1CC/C(=C\CO)CO. The molecule has 2 aliphatic rings. The molecule has 2 aliphatic carbocycles. The third-order valence-electron chi connectivity index (χ3n) is 6.85. The van der Waals surface area contributed by atoms with Gasteiger partial charge < -0.3 is 15.3 Å². The van der Waals surface area contributed by atoms with Gasteiger partial charge in [-0.15, -0.1) is 0 Å². The second kappa shape index (κ2) is 7.40. The van der Waals surface area contributed by atoms with Gasteiger partial charge in [0.1, 0.15) is 0 Å². The van der Waals surface area contributed by atoms with Crippen molar-refractivity contribution in [2.45, 2.75) is 58.8 Å². The number of carboxylic acid groups (broad SMARTS) is 1. The molecule has 136 valence electrons. The quantitative estimate of drug-likeness (QED) is 0.648. The van der Waals surface area contributed by atoms with Crippen LogP contribution in [0.3, 0.4) is 0 Å². The first-order valence-corrected chi connectivity index (χ1v) is 9.10. The molecule has 2 rings (SSSR count). The van der Waals surface area contributed by atoms with Crippen molar-refractivity contribution in [3.05, 3.63) is 23.8 Å². The zero-order chi connectivity index (χ0) is 18.0. The molecule has 0 amide bonds. The largest absolute Gasteiger partial charge is 0.481 e. The lowest BCUT2D eigenvalue weighted by Gasteiger charge is -2.57. The van der Waals surface area contributed by atoms with E-state index in [4.69, 9.17) is 5.11 Å². The molecule has 0 unspecified atom stereocenters. The molecule has 0 bridgehead atoms. The zero-order valence-electron chi connectivity index (χ0n) is 15.1. The van der Waals surface area contributed by atoms with Crippen molar-refractivity contribution in [1.82, 2.24) is 0 Å². The average Bonchev–Trinajstić information content (AvgIpc) is 2.52. The highest BCUT2D eigenvalue weighted by atomic mass is 16.4. The van der Waals surface area contributed by atoms with Gasteiger partial charge in [-0.05, 0) is 68.3 Å². The van der Waals surface area contributed by atoms with E-state index in [0.717, 1.165) is 50.5 Å². The topological polar surface area (TPSA) is 77.8 Å². The normalized spacial score (nSPS) is 37.2. The van der Waals surface area contributed by atoms with E-state index >= 15 is 0 Å². The van der Waals surface area contributed by atoms with Gasteiger partial charge in [0.15, 0.2) is 0 Å². The molecule has 0 radical (unpaired) electrons. The van der Waals surface area contributed by atoms with Gasteiger partial charge in [0.05, 0.1) is 18.6 Å². The fourth-order valence-electron chi connectivity index (χ4n) is 5.44. The van der Waals surface area contributed by atoms with Crippen molar-refractivity contribution in [2.75, 3.05) is 13.2 Å². The predicted octanol–water partition coefficient (Wildman–Crippen LogP) is 3.54. The summed E-state index contributed by atoms with van der Waals surface area (Å²) in [5.41, 5.74) is 1.39. The maximum absolute atomic E-state index is 12.0. The Balaban J connectivity index is 2.25. The minimum atomic E-state index is -0.666. The Labute approximate surface area is 145 Å². The highest BCUT2D eigenvalue weighted by molar-refractivity contribution is 5.75. The van der Waals surface area contributed by atoms with Crippen LogP contribution >= 0.6 is 0 Å². The molecule has 0 spiro atoms. The number of fused-ring (bicyclic) bond motifs is 1. The van der Waals surface area contributed by atoms with Crippen LogP contribution in [0, 0.1) is 22.7 Å². The minimum absolute atomic E-state index is 0.0350. The number of allylic oxidation sites excluding steroid dienone is 1. The summed E-state index contributed by atoms with van der Waals surface area (Å²) in [7, 11) is 0. The number of aliphatic hydroxyl groups excluding tert-OH is 2. The van der Waals surface area contributed by atoms with Gasteiger partial charge in [0.2, 0.25) is 0 Å². The Morgan fingerprint density at radius 1 is 1.33 bits per heavy atom. The van der Waals surface area contributed by atoms with Gasteiger partial charge in [-0.2, -0.15) is 0 Å². The summed E-state index contributed by atoms with van der Waals surface area (Å²) in [5, 5.41) is 28.3. The number of hydrogen-bond donors (Lipinski definition) is 3. The van der Waals surface area contributed by atoms with E-state index in [9.17, 15) is 15.0 Å². The molecule has 4 atom stereocenters. The lowest BCUT2D eigenvalue weighted by Crippen LogP contribution is -2.53. The van der Waals surface area contributed by atoms with E-state index in [-0.39, 0.29) is 30.5 Å². The van der Waals surface area contributed by atoms with E-state index in [2.05, 4.69) is 13.5 Å². The van der Waals surface area contributed by atoms with Crippen LogP contribution < -0.4 is 0 Å². The first kappa shape index (κ1) is 19.2. The van der Waals surface area contributed by atoms with E-state index in [1.54, 1.807) is 6.08 Å². The van der Waals surface area contributed by atoms with Crippen LogP contribution in [0.15, 0.2) is 23.8 Å². The first-order chi connectivity index (χ1) is 11.3. The molecule has 24 heavy (non-hydrogen) atoms. The Hall–Kier alpha value is -1.13. The molecule has 0 aromatic carbocycles. The Morgan fingerprint density at radius 3 is 2.62 bits per heavy atom. The van der Waals surface area contributed by atoms with Gasteiger partial charge >= 0.3 is 5.97 Å². The standard InChI is InChI=1S/C20H32O4/c1-14-5-8-17-19(2,10-4-11-20(17,3)18(23)24)16(14)7-6-15(13-22)9-12-21/h9,16-17,21-22H,1,4-8,10-13H2,2-3H3,(H,23,24)/b15-9+/t16-,17+,19-,20-/m0/s1. The van der Waals surface area contributed by atoms with Crippen LogP contribution in [-0.4, -0.2) is 34.5 Å². The number of carbonyl (C=O) groups is 1.